The molecule has 16 bridgehead atoms. The van der Waals surface area contributed by atoms with Gasteiger partial charge in [0.15, 0.2) is 0 Å². The van der Waals surface area contributed by atoms with Crippen LogP contribution in [0.15, 0.2) is 194 Å². The van der Waals surface area contributed by atoms with E-state index in [2.05, 4.69) is 215 Å². The summed E-state index contributed by atoms with van der Waals surface area (Å²) in [7, 11) is 0. The summed E-state index contributed by atoms with van der Waals surface area (Å²) >= 11 is 0. The lowest BCUT2D eigenvalue weighted by Crippen LogP contribution is -2.49. The first-order valence-corrected chi connectivity index (χ1v) is 26.0. The second-order valence-corrected chi connectivity index (χ2v) is 20.0. The van der Waals surface area contributed by atoms with Crippen LogP contribution < -0.4 is 26.0 Å². The normalized spacial score (nSPS) is 20.0. The number of hydrogen-bond donors (Lipinski definition) is 4. The van der Waals surface area contributed by atoms with Crippen LogP contribution in [-0.4, -0.2) is 24.2 Å². The zero-order valence-corrected chi connectivity index (χ0v) is 40.4. The van der Waals surface area contributed by atoms with Gasteiger partial charge in [0, 0.05) is 50.3 Å². The summed E-state index contributed by atoms with van der Waals surface area (Å²) in [5.74, 6) is 1.66. The molecule has 2 saturated carbocycles. The molecule has 2 fully saturated rings. The van der Waals surface area contributed by atoms with Gasteiger partial charge in [-0.05, 0) is 134 Å². The quantitative estimate of drug-likeness (QED) is 0.122. The molecule has 0 aromatic heterocycles. The highest BCUT2D eigenvalue weighted by Gasteiger charge is 2.25. The van der Waals surface area contributed by atoms with Crippen molar-refractivity contribution in [3.8, 4) is 56.0 Å². The van der Waals surface area contributed by atoms with E-state index < -0.39 is 0 Å². The van der Waals surface area contributed by atoms with Gasteiger partial charge in [-0.1, -0.05) is 196 Å². The lowest BCUT2D eigenvalue weighted by molar-refractivity contribution is 0.281. The highest BCUT2D eigenvalue weighted by atomic mass is 16.5. The molecule has 22 aliphatic heterocycles. The minimum atomic E-state index is 0.454. The molecular formula is C65H66N4O. The summed E-state index contributed by atoms with van der Waals surface area (Å²) in [6, 6.07) is 73.3. The highest BCUT2D eigenvalue weighted by molar-refractivity contribution is 5.67. The zero-order chi connectivity index (χ0) is 46.9. The highest BCUT2D eigenvalue weighted by Crippen LogP contribution is 2.30. The van der Waals surface area contributed by atoms with E-state index in [9.17, 15) is 0 Å². The van der Waals surface area contributed by atoms with Gasteiger partial charge in [-0.3, -0.25) is 0 Å². The molecule has 0 amide bonds. The molecule has 352 valence electrons. The van der Waals surface area contributed by atoms with Gasteiger partial charge < -0.3 is 26.0 Å². The largest absolute Gasteiger partial charge is 0.457 e. The van der Waals surface area contributed by atoms with Crippen LogP contribution in [0.3, 0.4) is 0 Å². The average Bonchev–Trinajstić information content (AvgIpc) is 3.42. The van der Waals surface area contributed by atoms with E-state index in [0.717, 1.165) is 44.1 Å². The first kappa shape index (κ1) is 45.8. The molecule has 0 radical (unpaired) electrons. The summed E-state index contributed by atoms with van der Waals surface area (Å²) in [6.45, 7) is 3.49. The second-order valence-electron chi connectivity index (χ2n) is 20.0. The molecule has 4 N–H and O–H groups in total. The van der Waals surface area contributed by atoms with Gasteiger partial charge in [0.1, 0.15) is 11.5 Å². The predicted molar refractivity (Wildman–Crippen MR) is 290 cm³/mol. The molecule has 70 heavy (non-hydrogen) atoms. The molecule has 8 aromatic rings. The molecule has 5 heteroatoms. The van der Waals surface area contributed by atoms with Crippen molar-refractivity contribution in [2.45, 2.75) is 108 Å². The van der Waals surface area contributed by atoms with E-state index >= 15 is 0 Å². The summed E-state index contributed by atoms with van der Waals surface area (Å²) < 4.78 is 6.30. The van der Waals surface area contributed by atoms with Crippen molar-refractivity contribution >= 4 is 0 Å². The smallest absolute Gasteiger partial charge is 0.127 e. The number of hydrogen-bond acceptors (Lipinski definition) is 5. The third-order valence-corrected chi connectivity index (χ3v) is 15.2. The fourth-order valence-electron chi connectivity index (χ4n) is 10.9. The van der Waals surface area contributed by atoms with Gasteiger partial charge in [0.2, 0.25) is 0 Å². The average molecular weight is 919 g/mol. The van der Waals surface area contributed by atoms with Crippen molar-refractivity contribution in [1.82, 2.24) is 21.3 Å². The van der Waals surface area contributed by atoms with E-state index in [-0.39, 0.29) is 0 Å². The Bertz CT molecular complexity index is 2490. The van der Waals surface area contributed by atoms with E-state index in [0.29, 0.717) is 24.2 Å². The van der Waals surface area contributed by atoms with Crippen LogP contribution >= 0.6 is 0 Å². The molecule has 32 rings (SSSR count). The van der Waals surface area contributed by atoms with Gasteiger partial charge >= 0.3 is 0 Å². The van der Waals surface area contributed by atoms with Crippen molar-refractivity contribution in [1.29, 1.82) is 0 Å². The maximum Gasteiger partial charge on any atom is 0.127 e. The van der Waals surface area contributed by atoms with Crippen LogP contribution in [0.1, 0.15) is 84.7 Å². The summed E-state index contributed by atoms with van der Waals surface area (Å²) in [5, 5.41) is 15.7. The van der Waals surface area contributed by atoms with E-state index in [1.54, 1.807) is 0 Å². The number of rotatable bonds is 0. The fourth-order valence-corrected chi connectivity index (χ4v) is 10.9. The van der Waals surface area contributed by atoms with Crippen molar-refractivity contribution in [2.75, 3.05) is 0 Å². The van der Waals surface area contributed by atoms with Crippen LogP contribution in [0.25, 0.3) is 44.5 Å². The minimum Gasteiger partial charge on any atom is -0.457 e. The third-order valence-electron chi connectivity index (χ3n) is 15.2. The molecule has 4 atom stereocenters. The van der Waals surface area contributed by atoms with E-state index in [1.165, 1.54) is 129 Å². The zero-order valence-electron chi connectivity index (χ0n) is 40.4. The molecule has 5 nitrogen and oxygen atoms in total. The Morgan fingerprint density at radius 3 is 0.671 bits per heavy atom. The van der Waals surface area contributed by atoms with Gasteiger partial charge in [-0.2, -0.15) is 0 Å². The summed E-state index contributed by atoms with van der Waals surface area (Å²) in [4.78, 5) is 0. The molecule has 8 aromatic carbocycles. The Labute approximate surface area is 415 Å². The van der Waals surface area contributed by atoms with Gasteiger partial charge in [-0.25, -0.2) is 0 Å². The summed E-state index contributed by atoms with van der Waals surface area (Å²) in [6.07, 6.45) is 10.8. The van der Waals surface area contributed by atoms with Crippen LogP contribution in [0.2, 0.25) is 0 Å². The van der Waals surface area contributed by atoms with Crippen LogP contribution in [0.4, 0.5) is 0 Å². The van der Waals surface area contributed by atoms with Crippen molar-refractivity contribution in [3.63, 3.8) is 0 Å². The molecule has 22 heterocycles. The van der Waals surface area contributed by atoms with E-state index in [4.69, 9.17) is 4.74 Å². The first-order chi connectivity index (χ1) is 34.6. The minimum absolute atomic E-state index is 0.454. The van der Waals surface area contributed by atoms with E-state index in [1.807, 2.05) is 0 Å². The Kier molecular flexibility index (Phi) is 14.4. The number of ether oxygens (including phenoxy) is 1. The molecule has 24 aliphatic rings. The SMILES string of the molecule is c1cc2ccc1CN[C@H]1CCCC[C@@H]1NCc1ccc(cc1)-c1ccc(cc1)Oc1ccc(cc1)-c1ccc(cc1)CN[C@H]1CCCC[C@@H]1NCc1ccc(cc1)-c1ccc(cc1)Cc1ccc-2cc1. The molecule has 0 unspecified atom stereocenters. The van der Waals surface area contributed by atoms with Gasteiger partial charge in [0.25, 0.3) is 0 Å². The maximum absolute atomic E-state index is 6.30. The molecular weight excluding hydrogens is 853 g/mol. The van der Waals surface area contributed by atoms with Gasteiger partial charge in [-0.15, -0.1) is 0 Å². The Hall–Kier alpha value is -6.60. The lowest BCUT2D eigenvalue weighted by atomic mass is 9.90. The lowest BCUT2D eigenvalue weighted by Gasteiger charge is -2.33. The molecule has 0 saturated heterocycles. The standard InChI is InChI=1S/C65H66N4O/c1-3-7-64-62(5-1)66-42-48-13-25-54(26-14-48)52-21-9-46(10-22-52)41-47-11-23-53(24-12-47)55-27-15-49(16-28-55)43-67-63-6-2-4-8-65(63)69-45-51-19-31-57(32-20-51)59-35-39-61(40-36-59)70-60-37-33-58(34-38-60)56-29-17-50(18-30-56)44-68-64/h9-40,62-69H,1-8,41-45H2/t62-,63-,64-,65-/m0/s1. The second kappa shape index (κ2) is 22.0. The fraction of sp³-hybridized carbons (Fsp3) is 0.262. The Morgan fingerprint density at radius 2 is 0.443 bits per heavy atom. The Balaban J connectivity index is 0.777. The van der Waals surface area contributed by atoms with Crippen LogP contribution in [-0.2, 0) is 32.6 Å². The number of nitrogens with one attached hydrogen (secondary N) is 4. The molecule has 0 spiro atoms. The topological polar surface area (TPSA) is 57.4 Å². The third kappa shape index (κ3) is 11.5. The van der Waals surface area contributed by atoms with Crippen LogP contribution in [0, 0.1) is 0 Å². The van der Waals surface area contributed by atoms with Gasteiger partial charge in [0.05, 0.1) is 0 Å². The summed E-state index contributed by atoms with van der Waals surface area (Å²) in [5.41, 5.74) is 17.7. The van der Waals surface area contributed by atoms with Crippen molar-refractivity contribution in [3.05, 3.63) is 228 Å². The monoisotopic (exact) mass is 919 g/mol. The van der Waals surface area contributed by atoms with Crippen molar-refractivity contribution < 1.29 is 4.74 Å². The molecule has 2 aliphatic carbocycles. The van der Waals surface area contributed by atoms with Crippen LogP contribution in [0.5, 0.6) is 11.5 Å². The number of benzene rings is 8. The Morgan fingerprint density at radius 1 is 0.243 bits per heavy atom. The predicted octanol–water partition coefficient (Wildman–Crippen LogP) is 14.4. The van der Waals surface area contributed by atoms with Crippen molar-refractivity contribution in [2.24, 2.45) is 0 Å². The maximum atomic E-state index is 6.30. The first-order valence-electron chi connectivity index (χ1n) is 26.0.